The number of pyridine rings is 2. The average Bonchev–Trinajstić information content (AvgIpc) is 2.81. The van der Waals surface area contributed by atoms with E-state index in [-0.39, 0.29) is 22.1 Å². The van der Waals surface area contributed by atoms with Crippen LogP contribution < -0.4 is 4.74 Å². The van der Waals surface area contributed by atoms with E-state index in [1.54, 1.807) is 43.5 Å². The molecule has 2 heterocycles. The van der Waals surface area contributed by atoms with E-state index < -0.39 is 6.43 Å². The third-order valence-electron chi connectivity index (χ3n) is 4.58. The van der Waals surface area contributed by atoms with Gasteiger partial charge in [0.25, 0.3) is 6.43 Å². The number of carbonyl (C=O) groups excluding carboxylic acids is 1. The number of thioether (sulfide) groups is 1. The predicted octanol–water partition coefficient (Wildman–Crippen LogP) is 5.79. The molecule has 8 heteroatoms. The van der Waals surface area contributed by atoms with Gasteiger partial charge in [-0.3, -0.25) is 9.78 Å². The summed E-state index contributed by atoms with van der Waals surface area (Å²) in [7, 11) is 1.53. The Bertz CT molecular complexity index is 1190. The molecular formula is C24H19F2N3O2S. The Morgan fingerprint density at radius 1 is 1.31 bits per heavy atom. The number of carbonyl (C=O) groups is 1. The fourth-order valence-corrected chi connectivity index (χ4v) is 4.00. The molecule has 0 aliphatic heterocycles. The molecule has 0 radical (unpaired) electrons. The molecule has 162 valence electrons. The van der Waals surface area contributed by atoms with Gasteiger partial charge in [-0.1, -0.05) is 12.1 Å². The van der Waals surface area contributed by atoms with Crippen molar-refractivity contribution in [1.82, 2.24) is 9.97 Å². The van der Waals surface area contributed by atoms with Crippen molar-refractivity contribution in [3.05, 3.63) is 88.4 Å². The number of nitriles is 1. The second kappa shape index (κ2) is 10.6. The predicted molar refractivity (Wildman–Crippen MR) is 119 cm³/mol. The molecule has 0 saturated heterocycles. The molecule has 0 saturated carbocycles. The summed E-state index contributed by atoms with van der Waals surface area (Å²) in [5.74, 6) is 0.773. The van der Waals surface area contributed by atoms with Crippen LogP contribution in [0.2, 0.25) is 0 Å². The van der Waals surface area contributed by atoms with Gasteiger partial charge in [0.1, 0.15) is 22.5 Å². The molecule has 0 bridgehead atoms. The topological polar surface area (TPSA) is 75.9 Å². The highest BCUT2D eigenvalue weighted by Gasteiger charge is 2.17. The van der Waals surface area contributed by atoms with Gasteiger partial charge in [-0.05, 0) is 54.5 Å². The number of rotatable bonds is 8. The van der Waals surface area contributed by atoms with E-state index in [0.29, 0.717) is 22.6 Å². The smallest absolute Gasteiger partial charge is 0.280 e. The van der Waals surface area contributed by atoms with Gasteiger partial charge in [0.05, 0.1) is 12.7 Å². The lowest BCUT2D eigenvalue weighted by molar-refractivity contribution is 0.104. The van der Waals surface area contributed by atoms with Crippen LogP contribution in [0.4, 0.5) is 8.78 Å². The number of aryl methyl sites for hydroxylation is 1. The van der Waals surface area contributed by atoms with Crippen LogP contribution in [-0.4, -0.2) is 22.9 Å². The Kier molecular flexibility index (Phi) is 7.68. The minimum Gasteiger partial charge on any atom is -0.496 e. The largest absolute Gasteiger partial charge is 0.496 e. The van der Waals surface area contributed by atoms with Crippen LogP contribution in [0.5, 0.6) is 5.75 Å². The minimum atomic E-state index is -2.72. The number of ketones is 1. The van der Waals surface area contributed by atoms with E-state index in [1.165, 1.54) is 37.2 Å². The molecule has 0 aliphatic carbocycles. The SMILES string of the molecule is COc1ccc(/C=C/C(=O)c2cccnc2)cc1CSc1nc(C(F)F)cc(C)c1C#N. The first-order valence-corrected chi connectivity index (χ1v) is 10.5. The molecule has 32 heavy (non-hydrogen) atoms. The molecule has 0 fully saturated rings. The Hall–Kier alpha value is -3.57. The number of benzene rings is 1. The zero-order chi connectivity index (χ0) is 23.1. The molecule has 5 nitrogen and oxygen atoms in total. The summed E-state index contributed by atoms with van der Waals surface area (Å²) in [6.45, 7) is 1.61. The molecule has 0 unspecified atom stereocenters. The van der Waals surface area contributed by atoms with Crippen molar-refractivity contribution in [3.63, 3.8) is 0 Å². The molecule has 0 aliphatic rings. The van der Waals surface area contributed by atoms with Crippen LogP contribution in [0.3, 0.4) is 0 Å². The lowest BCUT2D eigenvalue weighted by atomic mass is 10.1. The van der Waals surface area contributed by atoms with E-state index >= 15 is 0 Å². The number of hydrogen-bond acceptors (Lipinski definition) is 6. The van der Waals surface area contributed by atoms with E-state index in [9.17, 15) is 18.8 Å². The first-order chi connectivity index (χ1) is 15.4. The van der Waals surface area contributed by atoms with Gasteiger partial charge in [-0.25, -0.2) is 13.8 Å². The third-order valence-corrected chi connectivity index (χ3v) is 5.60. The van der Waals surface area contributed by atoms with Crippen LogP contribution >= 0.6 is 11.8 Å². The zero-order valence-corrected chi connectivity index (χ0v) is 18.2. The van der Waals surface area contributed by atoms with Crippen molar-refractivity contribution in [1.29, 1.82) is 5.26 Å². The van der Waals surface area contributed by atoms with Crippen molar-refractivity contribution in [2.75, 3.05) is 7.11 Å². The van der Waals surface area contributed by atoms with E-state index in [4.69, 9.17) is 4.74 Å². The summed E-state index contributed by atoms with van der Waals surface area (Å²) in [5, 5.41) is 9.67. The fraction of sp³-hybridized carbons (Fsp3) is 0.167. The van der Waals surface area contributed by atoms with Crippen molar-refractivity contribution in [3.8, 4) is 11.8 Å². The summed E-state index contributed by atoms with van der Waals surface area (Å²) in [6.07, 6.45) is 3.52. The van der Waals surface area contributed by atoms with Gasteiger partial charge in [-0.15, -0.1) is 11.8 Å². The maximum absolute atomic E-state index is 13.2. The number of methoxy groups -OCH3 is 1. The van der Waals surface area contributed by atoms with Crippen LogP contribution in [0.15, 0.2) is 59.9 Å². The maximum Gasteiger partial charge on any atom is 0.280 e. The average molecular weight is 451 g/mol. The number of halogens is 2. The first-order valence-electron chi connectivity index (χ1n) is 9.55. The highest BCUT2D eigenvalue weighted by molar-refractivity contribution is 7.98. The summed E-state index contributed by atoms with van der Waals surface area (Å²) in [5.41, 5.74) is 2.40. The number of ether oxygens (including phenoxy) is 1. The van der Waals surface area contributed by atoms with Crippen LogP contribution in [0.25, 0.3) is 6.08 Å². The highest BCUT2D eigenvalue weighted by Crippen LogP contribution is 2.32. The molecule has 3 rings (SSSR count). The Labute approximate surface area is 188 Å². The molecule has 3 aromatic rings. The number of aromatic nitrogens is 2. The monoisotopic (exact) mass is 451 g/mol. The minimum absolute atomic E-state index is 0.174. The molecule has 1 aromatic carbocycles. The van der Waals surface area contributed by atoms with Gasteiger partial charge in [0.2, 0.25) is 0 Å². The van der Waals surface area contributed by atoms with Crippen LogP contribution in [0, 0.1) is 18.3 Å². The van der Waals surface area contributed by atoms with Gasteiger partial charge < -0.3 is 4.74 Å². The van der Waals surface area contributed by atoms with Gasteiger partial charge >= 0.3 is 0 Å². The molecule has 2 aromatic heterocycles. The number of allylic oxidation sites excluding steroid dienone is 1. The molecule has 0 N–H and O–H groups in total. The fourth-order valence-electron chi connectivity index (χ4n) is 2.96. The van der Waals surface area contributed by atoms with E-state index in [0.717, 1.165) is 11.1 Å². The van der Waals surface area contributed by atoms with Gasteiger partial charge in [0, 0.05) is 29.3 Å². The van der Waals surface area contributed by atoms with E-state index in [1.807, 2.05) is 12.1 Å². The third kappa shape index (κ3) is 5.56. The Balaban J connectivity index is 1.84. The second-order valence-electron chi connectivity index (χ2n) is 6.76. The summed E-state index contributed by atoms with van der Waals surface area (Å²) < 4.78 is 31.7. The van der Waals surface area contributed by atoms with Gasteiger partial charge in [-0.2, -0.15) is 5.26 Å². The quantitative estimate of drug-likeness (QED) is 0.245. The van der Waals surface area contributed by atoms with Gasteiger partial charge in [0.15, 0.2) is 5.78 Å². The molecule has 0 amide bonds. The Morgan fingerprint density at radius 2 is 2.12 bits per heavy atom. The van der Waals surface area contributed by atoms with Crippen LogP contribution in [-0.2, 0) is 5.75 Å². The number of alkyl halides is 2. The van der Waals surface area contributed by atoms with E-state index in [2.05, 4.69) is 9.97 Å². The Morgan fingerprint density at radius 3 is 2.78 bits per heavy atom. The van der Waals surface area contributed by atoms with Crippen molar-refractivity contribution in [2.45, 2.75) is 24.1 Å². The maximum atomic E-state index is 13.2. The lowest BCUT2D eigenvalue weighted by Crippen LogP contribution is -1.99. The molecule has 0 spiro atoms. The number of nitrogens with zero attached hydrogens (tertiary/aromatic N) is 3. The summed E-state index contributed by atoms with van der Waals surface area (Å²) in [6, 6.07) is 12.1. The summed E-state index contributed by atoms with van der Waals surface area (Å²) >= 11 is 1.18. The zero-order valence-electron chi connectivity index (χ0n) is 17.4. The normalized spacial score (nSPS) is 11.0. The lowest BCUT2D eigenvalue weighted by Gasteiger charge is -2.12. The van der Waals surface area contributed by atoms with Crippen molar-refractivity contribution in [2.24, 2.45) is 0 Å². The second-order valence-corrected chi connectivity index (χ2v) is 7.72. The highest BCUT2D eigenvalue weighted by atomic mass is 32.2. The molecule has 0 atom stereocenters. The van der Waals surface area contributed by atoms with Crippen molar-refractivity contribution < 1.29 is 18.3 Å². The standard InChI is InChI=1S/C24H19F2N3O2S/c1-15-10-20(23(25)26)29-24(19(15)12-27)32-14-18-11-16(6-8-22(18)31-2)5-7-21(30)17-4-3-9-28-13-17/h3-11,13,23H,14H2,1-2H3/b7-5+. The molecular weight excluding hydrogens is 432 g/mol. The number of hydrogen-bond donors (Lipinski definition) is 0. The first kappa shape index (κ1) is 23.1. The van der Waals surface area contributed by atoms with Crippen LogP contribution in [0.1, 0.15) is 44.7 Å². The van der Waals surface area contributed by atoms with Crippen molar-refractivity contribution >= 4 is 23.6 Å². The summed E-state index contributed by atoms with van der Waals surface area (Å²) in [4.78, 5) is 20.2.